The number of nitrogens with zero attached hydrogens (tertiary/aromatic N) is 2. The van der Waals surface area contributed by atoms with Crippen molar-refractivity contribution in [1.82, 2.24) is 0 Å². The molecule has 1 amide bonds. The molecule has 5 nitrogen and oxygen atoms in total. The second-order valence-corrected chi connectivity index (χ2v) is 5.91. The van der Waals surface area contributed by atoms with Gasteiger partial charge in [0.25, 0.3) is 5.91 Å². The number of anilines is 1. The second kappa shape index (κ2) is 6.43. The maximum Gasteiger partial charge on any atom is 0.254 e. The van der Waals surface area contributed by atoms with Crippen molar-refractivity contribution in [2.24, 2.45) is 0 Å². The summed E-state index contributed by atoms with van der Waals surface area (Å²) in [5, 5.41) is 18.3. The zero-order chi connectivity index (χ0) is 16.4. The van der Waals surface area contributed by atoms with E-state index < -0.39 is 0 Å². The Hall–Kier alpha value is -2.32. The normalized spacial score (nSPS) is 20.5. The number of aliphatic hydroxyl groups excluding tert-OH is 1. The van der Waals surface area contributed by atoms with Crippen LogP contribution in [0.3, 0.4) is 0 Å². The van der Waals surface area contributed by atoms with Crippen LogP contribution in [0.15, 0.2) is 29.3 Å². The molecule has 0 aromatic heterocycles. The number of ether oxygens (including phenoxy) is 1. The molecule has 1 atom stereocenters. The average molecular weight is 312 g/mol. The Morgan fingerprint density at radius 1 is 1.43 bits per heavy atom. The number of amides is 1. The van der Waals surface area contributed by atoms with Crippen LogP contribution in [-0.2, 0) is 4.79 Å². The highest BCUT2D eigenvalue weighted by atomic mass is 16.5. The Kier molecular flexibility index (Phi) is 4.35. The summed E-state index contributed by atoms with van der Waals surface area (Å²) >= 11 is 0. The Morgan fingerprint density at radius 3 is 2.96 bits per heavy atom. The maximum absolute atomic E-state index is 12.9. The first-order chi connectivity index (χ1) is 11.2. The van der Waals surface area contributed by atoms with Crippen LogP contribution in [0.1, 0.15) is 37.7 Å². The van der Waals surface area contributed by atoms with E-state index in [1.54, 1.807) is 30.2 Å². The van der Waals surface area contributed by atoms with Gasteiger partial charge in [-0.2, -0.15) is 5.26 Å². The average Bonchev–Trinajstić information content (AvgIpc) is 2.87. The molecule has 3 rings (SSSR count). The number of carbonyl (C=O) groups is 1. The zero-order valence-electron chi connectivity index (χ0n) is 13.2. The van der Waals surface area contributed by atoms with Crippen molar-refractivity contribution in [2.45, 2.75) is 38.1 Å². The smallest absolute Gasteiger partial charge is 0.254 e. The Labute approximate surface area is 135 Å². The summed E-state index contributed by atoms with van der Waals surface area (Å²) < 4.78 is 5.41. The van der Waals surface area contributed by atoms with E-state index in [0.717, 1.165) is 31.3 Å². The lowest BCUT2D eigenvalue weighted by Gasteiger charge is -2.31. The molecule has 1 heterocycles. The Morgan fingerprint density at radius 2 is 2.26 bits per heavy atom. The number of carbonyl (C=O) groups excluding carboxylic acids is 1. The predicted octanol–water partition coefficient (Wildman–Crippen LogP) is 2.54. The summed E-state index contributed by atoms with van der Waals surface area (Å²) in [5.74, 6) is 0.497. The molecule has 0 spiro atoms. The lowest BCUT2D eigenvalue weighted by molar-refractivity contribution is -0.115. The number of nitriles is 1. The molecule has 1 aliphatic carbocycles. The highest BCUT2D eigenvalue weighted by Gasteiger charge is 2.41. The first-order valence-corrected chi connectivity index (χ1v) is 7.95. The molecule has 1 saturated carbocycles. The number of benzene rings is 1. The van der Waals surface area contributed by atoms with Crippen LogP contribution in [-0.4, -0.2) is 30.8 Å². The van der Waals surface area contributed by atoms with E-state index in [9.17, 15) is 9.90 Å². The monoisotopic (exact) mass is 312 g/mol. The predicted molar refractivity (Wildman–Crippen MR) is 86.2 cm³/mol. The molecule has 1 fully saturated rings. The molecular weight excluding hydrogens is 292 g/mol. The van der Waals surface area contributed by atoms with Crippen LogP contribution in [0.5, 0.6) is 5.75 Å². The Bertz CT molecular complexity index is 703. The lowest BCUT2D eigenvalue weighted by atomic mass is 9.88. The van der Waals surface area contributed by atoms with Gasteiger partial charge in [0.05, 0.1) is 30.5 Å². The van der Waals surface area contributed by atoms with E-state index in [-0.39, 0.29) is 18.6 Å². The minimum absolute atomic E-state index is 0.0182. The lowest BCUT2D eigenvalue weighted by Crippen LogP contribution is -2.37. The second-order valence-electron chi connectivity index (χ2n) is 5.91. The zero-order valence-corrected chi connectivity index (χ0v) is 13.2. The van der Waals surface area contributed by atoms with Gasteiger partial charge in [0, 0.05) is 24.7 Å². The van der Waals surface area contributed by atoms with Crippen LogP contribution >= 0.6 is 0 Å². The summed E-state index contributed by atoms with van der Waals surface area (Å²) in [4.78, 5) is 14.7. The number of hydrogen-bond acceptors (Lipinski definition) is 4. The van der Waals surface area contributed by atoms with Gasteiger partial charge < -0.3 is 9.84 Å². The van der Waals surface area contributed by atoms with E-state index in [2.05, 4.69) is 6.07 Å². The van der Waals surface area contributed by atoms with Gasteiger partial charge in [0.15, 0.2) is 0 Å². The van der Waals surface area contributed by atoms with Crippen LogP contribution in [0.2, 0.25) is 0 Å². The molecular formula is C18H20N2O3. The van der Waals surface area contributed by atoms with Crippen molar-refractivity contribution in [3.63, 3.8) is 0 Å². The fraction of sp³-hybridized carbons (Fsp3) is 0.444. The summed E-state index contributed by atoms with van der Waals surface area (Å²) in [6.45, 7) is -0.0182. The molecule has 1 aromatic rings. The molecule has 5 heteroatoms. The summed E-state index contributed by atoms with van der Waals surface area (Å²) in [7, 11) is 1.55. The minimum atomic E-state index is -0.0380. The van der Waals surface area contributed by atoms with Crippen LogP contribution in [0.25, 0.3) is 0 Å². The topological polar surface area (TPSA) is 73.6 Å². The van der Waals surface area contributed by atoms with Crippen molar-refractivity contribution in [3.05, 3.63) is 34.9 Å². The van der Waals surface area contributed by atoms with Gasteiger partial charge in [-0.3, -0.25) is 9.69 Å². The van der Waals surface area contributed by atoms with Crippen LogP contribution < -0.4 is 9.64 Å². The third-order valence-corrected chi connectivity index (χ3v) is 4.68. The number of hydrogen-bond donors (Lipinski definition) is 1. The standard InChI is InChI=1S/C18H20N2O3/c1-23-17-10-12(11-19)6-7-16(17)20-15-5-3-2-4-13(15)14(8-9-21)18(20)22/h6-7,10,15,21H,2-5,8-9H2,1H3. The maximum atomic E-state index is 12.9. The summed E-state index contributed by atoms with van der Waals surface area (Å²) in [5.41, 5.74) is 3.13. The number of fused-ring (bicyclic) bond motifs is 1. The quantitative estimate of drug-likeness (QED) is 0.927. The molecule has 1 aromatic carbocycles. The van der Waals surface area contributed by atoms with Gasteiger partial charge in [0.2, 0.25) is 0 Å². The third kappa shape index (κ3) is 2.60. The SMILES string of the molecule is COc1cc(C#N)ccc1N1C(=O)C(CCO)=C2CCCCC21. The molecule has 1 N–H and O–H groups in total. The van der Waals surface area contributed by atoms with Crippen molar-refractivity contribution < 1.29 is 14.6 Å². The molecule has 23 heavy (non-hydrogen) atoms. The fourth-order valence-electron chi connectivity index (χ4n) is 3.66. The van der Waals surface area contributed by atoms with Gasteiger partial charge >= 0.3 is 0 Å². The van der Waals surface area contributed by atoms with Gasteiger partial charge in [-0.25, -0.2) is 0 Å². The molecule has 120 valence electrons. The van der Waals surface area contributed by atoms with E-state index in [1.165, 1.54) is 5.57 Å². The van der Waals surface area contributed by atoms with Crippen molar-refractivity contribution in [3.8, 4) is 11.8 Å². The van der Waals surface area contributed by atoms with E-state index >= 15 is 0 Å². The number of rotatable bonds is 4. The molecule has 1 aliphatic heterocycles. The van der Waals surface area contributed by atoms with Gasteiger partial charge in [-0.1, -0.05) is 6.42 Å². The van der Waals surface area contributed by atoms with E-state index in [1.807, 2.05) is 0 Å². The van der Waals surface area contributed by atoms with Crippen LogP contribution in [0, 0.1) is 11.3 Å². The third-order valence-electron chi connectivity index (χ3n) is 4.68. The van der Waals surface area contributed by atoms with Crippen LogP contribution in [0.4, 0.5) is 5.69 Å². The first-order valence-electron chi connectivity index (χ1n) is 7.95. The van der Waals surface area contributed by atoms with Crippen molar-refractivity contribution >= 4 is 11.6 Å². The van der Waals surface area contributed by atoms with Gasteiger partial charge in [-0.05, 0) is 37.0 Å². The largest absolute Gasteiger partial charge is 0.495 e. The summed E-state index contributed by atoms with van der Waals surface area (Å²) in [6.07, 6.45) is 4.43. The highest BCUT2D eigenvalue weighted by Crippen LogP contribution is 2.43. The molecule has 1 unspecified atom stereocenters. The number of aliphatic hydroxyl groups is 1. The van der Waals surface area contributed by atoms with Crippen molar-refractivity contribution in [1.29, 1.82) is 5.26 Å². The van der Waals surface area contributed by atoms with E-state index in [0.29, 0.717) is 23.4 Å². The number of methoxy groups -OCH3 is 1. The Balaban J connectivity index is 2.04. The molecule has 2 aliphatic rings. The van der Waals surface area contributed by atoms with Gasteiger partial charge in [-0.15, -0.1) is 0 Å². The van der Waals surface area contributed by atoms with Crippen molar-refractivity contribution in [2.75, 3.05) is 18.6 Å². The summed E-state index contributed by atoms with van der Waals surface area (Å²) in [6, 6.07) is 7.29. The minimum Gasteiger partial charge on any atom is -0.495 e. The fourth-order valence-corrected chi connectivity index (χ4v) is 3.66. The molecule has 0 radical (unpaired) electrons. The highest BCUT2D eigenvalue weighted by molar-refractivity contribution is 6.11. The molecule has 0 bridgehead atoms. The van der Waals surface area contributed by atoms with Gasteiger partial charge in [0.1, 0.15) is 5.75 Å². The first kappa shape index (κ1) is 15.6. The van der Waals surface area contributed by atoms with E-state index in [4.69, 9.17) is 10.00 Å². The molecule has 0 saturated heterocycles.